The molecule has 1 N–H and O–H groups in total. The Kier molecular flexibility index (Phi) is 2.99. The van der Waals surface area contributed by atoms with E-state index in [-0.39, 0.29) is 6.10 Å². The molecule has 1 saturated heterocycles. The highest BCUT2D eigenvalue weighted by atomic mass is 16.6. The lowest BCUT2D eigenvalue weighted by molar-refractivity contribution is 0.0653. The minimum absolute atomic E-state index is 0.101. The van der Waals surface area contributed by atoms with Crippen LogP contribution in [0.15, 0.2) is 15.4 Å². The zero-order valence-electron chi connectivity index (χ0n) is 11.3. The maximum atomic E-state index is 11.7. The first-order valence-corrected chi connectivity index (χ1v) is 7.01. The molecule has 0 radical (unpaired) electrons. The summed E-state index contributed by atoms with van der Waals surface area (Å²) in [5.41, 5.74) is 0.0593. The number of aromatic amines is 1. The van der Waals surface area contributed by atoms with Gasteiger partial charge in [-0.2, -0.15) is 0 Å². The first-order chi connectivity index (χ1) is 10.3. The first-order valence-electron chi connectivity index (χ1n) is 7.01. The lowest BCUT2D eigenvalue weighted by Crippen LogP contribution is -2.20. The molecule has 2 aliphatic rings. The molecule has 21 heavy (non-hydrogen) atoms. The van der Waals surface area contributed by atoms with Gasteiger partial charge in [0.15, 0.2) is 11.5 Å². The third kappa shape index (κ3) is 2.13. The zero-order valence-corrected chi connectivity index (χ0v) is 11.3. The molecule has 7 heteroatoms. The van der Waals surface area contributed by atoms with Crippen LogP contribution in [0.4, 0.5) is 0 Å². The lowest BCUT2D eigenvalue weighted by atomic mass is 10.2. The van der Waals surface area contributed by atoms with Gasteiger partial charge < -0.3 is 23.5 Å². The second-order valence-electron chi connectivity index (χ2n) is 5.09. The third-order valence-electron chi connectivity index (χ3n) is 3.68. The van der Waals surface area contributed by atoms with Gasteiger partial charge in [0.2, 0.25) is 5.75 Å². The van der Waals surface area contributed by atoms with E-state index in [1.165, 1.54) is 0 Å². The number of benzene rings is 1. The molecule has 3 heterocycles. The van der Waals surface area contributed by atoms with E-state index in [1.807, 2.05) is 0 Å². The summed E-state index contributed by atoms with van der Waals surface area (Å²) in [6, 6.07) is 1.70. The molecular formula is C14H15NO6. The van der Waals surface area contributed by atoms with Crippen LogP contribution in [0.2, 0.25) is 0 Å². The van der Waals surface area contributed by atoms with Gasteiger partial charge in [0, 0.05) is 12.7 Å². The molecule has 0 bridgehead atoms. The monoisotopic (exact) mass is 293 g/mol. The summed E-state index contributed by atoms with van der Waals surface area (Å²) in [4.78, 5) is 11.7. The minimum atomic E-state index is -0.475. The number of H-pyrrole nitrogens is 1. The van der Waals surface area contributed by atoms with Gasteiger partial charge in [-0.3, -0.25) is 0 Å². The zero-order chi connectivity index (χ0) is 14.2. The van der Waals surface area contributed by atoms with Crippen molar-refractivity contribution >= 4 is 10.9 Å². The maximum absolute atomic E-state index is 11.7. The van der Waals surface area contributed by atoms with Crippen LogP contribution in [0.5, 0.6) is 17.2 Å². The van der Waals surface area contributed by atoms with Crippen molar-refractivity contribution in [2.45, 2.75) is 18.9 Å². The van der Waals surface area contributed by atoms with Gasteiger partial charge in [-0.25, -0.2) is 9.95 Å². The van der Waals surface area contributed by atoms with E-state index in [2.05, 4.69) is 5.16 Å². The molecule has 1 aromatic carbocycles. The number of hydrogen-bond acceptors (Lipinski definition) is 6. The number of fused-ring (bicyclic) bond motifs is 3. The number of aromatic nitrogens is 1. The molecule has 1 unspecified atom stereocenters. The van der Waals surface area contributed by atoms with Crippen molar-refractivity contribution in [3.05, 3.63) is 16.5 Å². The van der Waals surface area contributed by atoms with Crippen LogP contribution in [-0.4, -0.2) is 37.7 Å². The highest BCUT2D eigenvalue weighted by Crippen LogP contribution is 2.43. The number of rotatable bonds is 3. The predicted octanol–water partition coefficient (Wildman–Crippen LogP) is 1.45. The van der Waals surface area contributed by atoms with Gasteiger partial charge in [0.05, 0.1) is 11.6 Å². The average molecular weight is 293 g/mol. The van der Waals surface area contributed by atoms with Gasteiger partial charge >= 0.3 is 5.63 Å². The van der Waals surface area contributed by atoms with E-state index >= 15 is 0 Å². The Bertz CT molecular complexity index is 712. The van der Waals surface area contributed by atoms with Crippen LogP contribution in [0, 0.1) is 0 Å². The normalized spacial score (nSPS) is 20.9. The van der Waals surface area contributed by atoms with Gasteiger partial charge in [-0.15, -0.1) is 0 Å². The van der Waals surface area contributed by atoms with Crippen molar-refractivity contribution in [1.29, 1.82) is 0 Å². The fourth-order valence-electron chi connectivity index (χ4n) is 2.68. The summed E-state index contributed by atoms with van der Waals surface area (Å²) in [6.45, 7) is 2.04. The van der Waals surface area contributed by atoms with Crippen LogP contribution in [0.25, 0.3) is 10.9 Å². The van der Waals surface area contributed by atoms with Crippen molar-refractivity contribution < 1.29 is 23.5 Å². The number of nitrogens with one attached hydrogen (secondary N) is 1. The van der Waals surface area contributed by atoms with Crippen LogP contribution in [0.1, 0.15) is 12.8 Å². The minimum Gasteiger partial charge on any atom is -0.487 e. The van der Waals surface area contributed by atoms with E-state index in [9.17, 15) is 4.79 Å². The highest BCUT2D eigenvalue weighted by molar-refractivity contribution is 5.89. The van der Waals surface area contributed by atoms with Crippen LogP contribution in [0.3, 0.4) is 0 Å². The lowest BCUT2D eigenvalue weighted by Gasteiger charge is -2.22. The molecular weight excluding hydrogens is 278 g/mol. The maximum Gasteiger partial charge on any atom is 0.368 e. The van der Waals surface area contributed by atoms with Crippen LogP contribution >= 0.6 is 0 Å². The summed E-state index contributed by atoms with van der Waals surface area (Å²) >= 11 is 0. The molecule has 1 aromatic heterocycles. The molecule has 1 atom stereocenters. The van der Waals surface area contributed by atoms with Crippen molar-refractivity contribution in [2.75, 3.05) is 26.4 Å². The van der Waals surface area contributed by atoms with Gasteiger partial charge in [-0.05, 0) is 12.8 Å². The SMILES string of the molecule is O=c1o[nH]c2cc(OCC3CCCO3)c3c(c12)OCCO3. The standard InChI is InChI=1S/C14H15NO6/c16-14-11-9(15-21-14)6-10(12-13(11)19-5-4-18-12)20-7-8-2-1-3-17-8/h6,8,15H,1-5,7H2. The Morgan fingerprint density at radius 3 is 2.90 bits per heavy atom. The Morgan fingerprint density at radius 1 is 1.24 bits per heavy atom. The third-order valence-corrected chi connectivity index (χ3v) is 3.68. The Hall–Kier alpha value is -2.15. The average Bonchev–Trinajstić information content (AvgIpc) is 3.15. The number of ether oxygens (including phenoxy) is 4. The van der Waals surface area contributed by atoms with Crippen molar-refractivity contribution in [2.24, 2.45) is 0 Å². The quantitative estimate of drug-likeness (QED) is 0.922. The molecule has 4 rings (SSSR count). The van der Waals surface area contributed by atoms with E-state index in [0.717, 1.165) is 19.4 Å². The summed E-state index contributed by atoms with van der Waals surface area (Å²) in [5.74, 6) is 1.37. The molecule has 0 amide bonds. The molecule has 7 nitrogen and oxygen atoms in total. The first kappa shape index (κ1) is 12.6. The Morgan fingerprint density at radius 2 is 2.10 bits per heavy atom. The van der Waals surface area contributed by atoms with Gasteiger partial charge in [0.1, 0.15) is 25.2 Å². The second kappa shape index (κ2) is 5.00. The molecule has 2 aliphatic heterocycles. The van der Waals surface area contributed by atoms with Gasteiger partial charge in [0.25, 0.3) is 0 Å². The second-order valence-corrected chi connectivity index (χ2v) is 5.09. The molecule has 2 aromatic rings. The van der Waals surface area contributed by atoms with E-state index in [4.69, 9.17) is 23.5 Å². The van der Waals surface area contributed by atoms with E-state index in [0.29, 0.717) is 48.0 Å². The smallest absolute Gasteiger partial charge is 0.368 e. The molecule has 0 saturated carbocycles. The molecule has 0 aliphatic carbocycles. The van der Waals surface area contributed by atoms with E-state index in [1.54, 1.807) is 6.07 Å². The fraction of sp³-hybridized carbons (Fsp3) is 0.500. The molecule has 1 fully saturated rings. The molecule has 112 valence electrons. The molecule has 0 spiro atoms. The van der Waals surface area contributed by atoms with Crippen LogP contribution in [-0.2, 0) is 4.74 Å². The largest absolute Gasteiger partial charge is 0.487 e. The number of hydrogen-bond donors (Lipinski definition) is 1. The van der Waals surface area contributed by atoms with Crippen molar-refractivity contribution in [1.82, 2.24) is 5.16 Å². The van der Waals surface area contributed by atoms with Crippen molar-refractivity contribution in [3.63, 3.8) is 0 Å². The van der Waals surface area contributed by atoms with Crippen molar-refractivity contribution in [3.8, 4) is 17.2 Å². The Labute approximate surface area is 119 Å². The van der Waals surface area contributed by atoms with Gasteiger partial charge in [-0.1, -0.05) is 0 Å². The predicted molar refractivity (Wildman–Crippen MR) is 72.3 cm³/mol. The summed E-state index contributed by atoms with van der Waals surface area (Å²) in [7, 11) is 0. The Balaban J connectivity index is 1.72. The highest BCUT2D eigenvalue weighted by Gasteiger charge is 2.26. The van der Waals surface area contributed by atoms with E-state index < -0.39 is 5.63 Å². The summed E-state index contributed by atoms with van der Waals surface area (Å²) in [6.07, 6.45) is 2.15. The topological polar surface area (TPSA) is 82.9 Å². The summed E-state index contributed by atoms with van der Waals surface area (Å²) < 4.78 is 27.4. The summed E-state index contributed by atoms with van der Waals surface area (Å²) in [5, 5.41) is 2.93. The van der Waals surface area contributed by atoms with Crippen LogP contribution < -0.4 is 19.8 Å². The fourth-order valence-corrected chi connectivity index (χ4v) is 2.68.